The summed E-state index contributed by atoms with van der Waals surface area (Å²) in [5.74, 6) is -3.89. The van der Waals surface area contributed by atoms with E-state index in [1.807, 2.05) is 0 Å². The highest BCUT2D eigenvalue weighted by Crippen LogP contribution is 2.30. The van der Waals surface area contributed by atoms with E-state index in [2.05, 4.69) is 5.32 Å². The Morgan fingerprint density at radius 2 is 2.14 bits per heavy atom. The topological polar surface area (TPSA) is 68.3 Å². The van der Waals surface area contributed by atoms with Crippen molar-refractivity contribution in [2.45, 2.75) is 12.8 Å². The number of furan rings is 1. The maximum absolute atomic E-state index is 13.0. The van der Waals surface area contributed by atoms with E-state index < -0.39 is 24.9 Å². The first kappa shape index (κ1) is 17.7. The molecule has 8 heteroatoms. The molecule has 0 aliphatic heterocycles. The lowest BCUT2D eigenvalue weighted by atomic mass is 10.1. The second-order valence-electron chi connectivity index (χ2n) is 4.42. The van der Waals surface area contributed by atoms with Crippen molar-refractivity contribution in [2.24, 2.45) is 5.73 Å². The third kappa shape index (κ3) is 3.64. The van der Waals surface area contributed by atoms with Crippen molar-refractivity contribution in [3.63, 3.8) is 0 Å². The number of hydrogen-bond acceptors (Lipinski definition) is 3. The first-order chi connectivity index (χ1) is 9.35. The van der Waals surface area contributed by atoms with Crippen LogP contribution in [0.4, 0.5) is 8.78 Å². The fourth-order valence-corrected chi connectivity index (χ4v) is 2.00. The number of rotatable bonds is 4. The molecule has 4 nitrogen and oxygen atoms in total. The van der Waals surface area contributed by atoms with Crippen LogP contribution >= 0.6 is 24.0 Å². The van der Waals surface area contributed by atoms with Gasteiger partial charge < -0.3 is 15.5 Å². The first-order valence-electron chi connectivity index (χ1n) is 5.89. The zero-order chi connectivity index (χ0) is 14.9. The molecule has 2 rings (SSSR count). The number of carbonyl (C=O) groups excluding carboxylic acids is 1. The zero-order valence-corrected chi connectivity index (χ0v) is 12.7. The number of nitrogens with two attached hydrogens (primary N) is 1. The standard InChI is InChI=1S/C13H13ClF2N2O2.ClH/c1-7-8-3-2-4-9(14)11(8)20-10(7)12(19)18-6-13(15,16)5-17;/h2-4H,5-6,17H2,1H3,(H,18,19);1H. The van der Waals surface area contributed by atoms with Gasteiger partial charge in [-0.1, -0.05) is 23.7 Å². The Labute approximate surface area is 131 Å². The van der Waals surface area contributed by atoms with Crippen molar-refractivity contribution < 1.29 is 18.0 Å². The Morgan fingerprint density at radius 3 is 2.71 bits per heavy atom. The summed E-state index contributed by atoms with van der Waals surface area (Å²) >= 11 is 5.96. The molecular formula is C13H14Cl2F2N2O2. The number of para-hydroxylation sites is 1. The third-order valence-corrected chi connectivity index (χ3v) is 3.23. The molecule has 0 spiro atoms. The molecule has 0 atom stereocenters. The lowest BCUT2D eigenvalue weighted by Gasteiger charge is -2.13. The highest BCUT2D eigenvalue weighted by Gasteiger charge is 2.28. The molecular weight excluding hydrogens is 325 g/mol. The molecule has 116 valence electrons. The van der Waals surface area contributed by atoms with Gasteiger partial charge in [0.25, 0.3) is 11.8 Å². The molecule has 0 bridgehead atoms. The van der Waals surface area contributed by atoms with Crippen LogP contribution < -0.4 is 11.1 Å². The highest BCUT2D eigenvalue weighted by atomic mass is 35.5. The number of halogens is 4. The predicted octanol–water partition coefficient (Wildman–Crippen LogP) is 3.14. The summed E-state index contributed by atoms with van der Waals surface area (Å²) in [5.41, 5.74) is 5.82. The lowest BCUT2D eigenvalue weighted by molar-refractivity contribution is 0.0116. The van der Waals surface area contributed by atoms with Crippen molar-refractivity contribution in [3.05, 3.63) is 34.5 Å². The van der Waals surface area contributed by atoms with E-state index in [0.29, 0.717) is 21.6 Å². The molecule has 1 aromatic carbocycles. The van der Waals surface area contributed by atoms with Crippen LogP contribution in [-0.4, -0.2) is 24.9 Å². The molecule has 21 heavy (non-hydrogen) atoms. The number of carbonyl (C=O) groups is 1. The summed E-state index contributed by atoms with van der Waals surface area (Å²) in [7, 11) is 0. The van der Waals surface area contributed by atoms with Gasteiger partial charge in [0.1, 0.15) is 0 Å². The number of alkyl halides is 2. The van der Waals surface area contributed by atoms with E-state index in [1.54, 1.807) is 25.1 Å². The molecule has 0 saturated carbocycles. The van der Waals surface area contributed by atoms with Gasteiger partial charge >= 0.3 is 0 Å². The second-order valence-corrected chi connectivity index (χ2v) is 4.82. The maximum atomic E-state index is 13.0. The summed E-state index contributed by atoms with van der Waals surface area (Å²) in [6.45, 7) is -0.0110. The van der Waals surface area contributed by atoms with Crippen LogP contribution in [0.2, 0.25) is 5.02 Å². The minimum atomic E-state index is -3.15. The molecule has 1 amide bonds. The summed E-state index contributed by atoms with van der Waals surface area (Å²) in [6.07, 6.45) is 0. The minimum Gasteiger partial charge on any atom is -0.449 e. The zero-order valence-electron chi connectivity index (χ0n) is 11.1. The van der Waals surface area contributed by atoms with E-state index in [1.165, 1.54) is 0 Å². The first-order valence-corrected chi connectivity index (χ1v) is 6.27. The van der Waals surface area contributed by atoms with Crippen LogP contribution in [0.1, 0.15) is 16.1 Å². The number of benzene rings is 1. The number of hydrogen-bond donors (Lipinski definition) is 2. The van der Waals surface area contributed by atoms with Crippen LogP contribution in [0.5, 0.6) is 0 Å². The molecule has 0 aliphatic carbocycles. The SMILES string of the molecule is Cc1c(C(=O)NCC(F)(F)CN)oc2c(Cl)cccc12.Cl. The van der Waals surface area contributed by atoms with Crippen molar-refractivity contribution in [1.29, 1.82) is 0 Å². The molecule has 1 aromatic heterocycles. The maximum Gasteiger partial charge on any atom is 0.287 e. The van der Waals surface area contributed by atoms with Crippen LogP contribution in [-0.2, 0) is 0 Å². The van der Waals surface area contributed by atoms with Gasteiger partial charge in [0.05, 0.1) is 18.1 Å². The average molecular weight is 339 g/mol. The molecule has 0 radical (unpaired) electrons. The monoisotopic (exact) mass is 338 g/mol. The molecule has 1 heterocycles. The van der Waals surface area contributed by atoms with Crippen molar-refractivity contribution in [1.82, 2.24) is 5.32 Å². The van der Waals surface area contributed by atoms with Crippen LogP contribution in [0, 0.1) is 6.92 Å². The third-order valence-electron chi connectivity index (χ3n) is 2.93. The summed E-state index contributed by atoms with van der Waals surface area (Å²) in [5, 5.41) is 3.14. The lowest BCUT2D eigenvalue weighted by Crippen LogP contribution is -2.41. The van der Waals surface area contributed by atoms with Crippen molar-refractivity contribution in [2.75, 3.05) is 13.1 Å². The Bertz CT molecular complexity index is 659. The van der Waals surface area contributed by atoms with Crippen LogP contribution in [0.15, 0.2) is 22.6 Å². The Hall–Kier alpha value is -1.37. The quantitative estimate of drug-likeness (QED) is 0.899. The number of fused-ring (bicyclic) bond motifs is 1. The van der Waals surface area contributed by atoms with Gasteiger partial charge in [-0.3, -0.25) is 4.79 Å². The van der Waals surface area contributed by atoms with Crippen molar-refractivity contribution in [3.8, 4) is 0 Å². The molecule has 0 aliphatic rings. The molecule has 3 N–H and O–H groups in total. The minimum absolute atomic E-state index is 0. The molecule has 2 aromatic rings. The van der Waals surface area contributed by atoms with Gasteiger partial charge in [-0.2, -0.15) is 0 Å². The number of nitrogens with one attached hydrogen (secondary N) is 1. The summed E-state index contributed by atoms with van der Waals surface area (Å²) < 4.78 is 31.4. The van der Waals surface area contributed by atoms with E-state index in [4.69, 9.17) is 21.8 Å². The molecule has 0 saturated heterocycles. The Balaban J connectivity index is 0.00000220. The van der Waals surface area contributed by atoms with E-state index in [0.717, 1.165) is 0 Å². The fraction of sp³-hybridized carbons (Fsp3) is 0.308. The van der Waals surface area contributed by atoms with Crippen molar-refractivity contribution >= 4 is 40.9 Å². The Morgan fingerprint density at radius 1 is 1.48 bits per heavy atom. The molecule has 0 unspecified atom stereocenters. The second kappa shape index (κ2) is 6.60. The largest absolute Gasteiger partial charge is 0.449 e. The van der Waals surface area contributed by atoms with Gasteiger partial charge in [-0.05, 0) is 13.0 Å². The van der Waals surface area contributed by atoms with Crippen LogP contribution in [0.25, 0.3) is 11.0 Å². The van der Waals surface area contributed by atoms with E-state index in [9.17, 15) is 13.6 Å². The summed E-state index contributed by atoms with van der Waals surface area (Å²) in [4.78, 5) is 11.9. The van der Waals surface area contributed by atoms with Gasteiger partial charge in [0.2, 0.25) is 0 Å². The number of amides is 1. The normalized spacial score (nSPS) is 11.3. The smallest absolute Gasteiger partial charge is 0.287 e. The van der Waals surface area contributed by atoms with Gasteiger partial charge in [-0.15, -0.1) is 12.4 Å². The van der Waals surface area contributed by atoms with Gasteiger partial charge in [0.15, 0.2) is 11.3 Å². The van der Waals surface area contributed by atoms with E-state index >= 15 is 0 Å². The number of aryl methyl sites for hydroxylation is 1. The van der Waals surface area contributed by atoms with Crippen LogP contribution in [0.3, 0.4) is 0 Å². The van der Waals surface area contributed by atoms with E-state index in [-0.39, 0.29) is 18.2 Å². The average Bonchev–Trinajstić information content (AvgIpc) is 2.76. The fourth-order valence-electron chi connectivity index (χ4n) is 1.79. The van der Waals surface area contributed by atoms with Gasteiger partial charge in [-0.25, -0.2) is 8.78 Å². The molecule has 0 fully saturated rings. The predicted molar refractivity (Wildman–Crippen MR) is 79.5 cm³/mol. The summed E-state index contributed by atoms with van der Waals surface area (Å²) in [6, 6.07) is 5.08. The Kier molecular flexibility index (Phi) is 5.55. The highest BCUT2D eigenvalue weighted by molar-refractivity contribution is 6.35. The van der Waals surface area contributed by atoms with Gasteiger partial charge in [0, 0.05) is 10.9 Å².